The smallest absolute Gasteiger partial charge is 0.141 e. The zero-order valence-electron chi connectivity index (χ0n) is 5.19. The van der Waals surface area contributed by atoms with Gasteiger partial charge in [0.25, 0.3) is 0 Å². The Labute approximate surface area is 77.5 Å². The third-order valence-corrected chi connectivity index (χ3v) is 3.16. The van der Waals surface area contributed by atoms with Crippen molar-refractivity contribution >= 4 is 34.2 Å². The van der Waals surface area contributed by atoms with Crippen molar-refractivity contribution < 1.29 is 0 Å². The first-order chi connectivity index (χ1) is 4.79. The highest BCUT2D eigenvalue weighted by atomic mass is 127. The number of nitrogens with one attached hydrogen (secondary N) is 1. The standard InChI is InChI=1S/C6H6ClIN2/c7-4-5(3-1-2-3)9-10-6(4)8/h3H,1-2H2,(H,9,10). The first-order valence-corrected chi connectivity index (χ1v) is 4.64. The van der Waals surface area contributed by atoms with Gasteiger partial charge < -0.3 is 0 Å². The lowest BCUT2D eigenvalue weighted by molar-refractivity contribution is 0.959. The van der Waals surface area contributed by atoms with Crippen LogP contribution in [-0.2, 0) is 0 Å². The number of hydrogen-bond donors (Lipinski definition) is 1. The van der Waals surface area contributed by atoms with Crippen LogP contribution in [-0.4, -0.2) is 10.2 Å². The SMILES string of the molecule is Clc1c(I)n[nH]c1C1CC1. The van der Waals surface area contributed by atoms with Gasteiger partial charge in [-0.25, -0.2) is 0 Å². The molecule has 1 saturated carbocycles. The Morgan fingerprint density at radius 2 is 2.30 bits per heavy atom. The average molecular weight is 268 g/mol. The fourth-order valence-corrected chi connectivity index (χ4v) is 1.61. The molecule has 0 saturated heterocycles. The van der Waals surface area contributed by atoms with Gasteiger partial charge in [-0.3, -0.25) is 5.10 Å². The minimum Gasteiger partial charge on any atom is -0.280 e. The molecule has 0 spiro atoms. The molecule has 1 aromatic rings. The third kappa shape index (κ3) is 1.05. The van der Waals surface area contributed by atoms with Crippen molar-refractivity contribution in [1.29, 1.82) is 0 Å². The molecular formula is C6H6ClIN2. The molecule has 10 heavy (non-hydrogen) atoms. The molecule has 4 heteroatoms. The summed E-state index contributed by atoms with van der Waals surface area (Å²) in [5.74, 6) is 0.670. The van der Waals surface area contributed by atoms with E-state index in [1.165, 1.54) is 12.8 Å². The average Bonchev–Trinajstić information content (AvgIpc) is 2.67. The summed E-state index contributed by atoms with van der Waals surface area (Å²) >= 11 is 8.07. The molecule has 2 rings (SSSR count). The van der Waals surface area contributed by atoms with E-state index >= 15 is 0 Å². The van der Waals surface area contributed by atoms with Gasteiger partial charge in [0.15, 0.2) is 0 Å². The largest absolute Gasteiger partial charge is 0.280 e. The molecule has 1 aliphatic carbocycles. The van der Waals surface area contributed by atoms with Crippen LogP contribution < -0.4 is 0 Å². The van der Waals surface area contributed by atoms with Gasteiger partial charge in [0, 0.05) is 5.92 Å². The van der Waals surface area contributed by atoms with E-state index in [2.05, 4.69) is 32.8 Å². The van der Waals surface area contributed by atoms with Gasteiger partial charge in [-0.2, -0.15) is 5.10 Å². The van der Waals surface area contributed by atoms with Gasteiger partial charge in [0.1, 0.15) is 3.70 Å². The lowest BCUT2D eigenvalue weighted by Crippen LogP contribution is -1.78. The Morgan fingerprint density at radius 3 is 2.70 bits per heavy atom. The number of rotatable bonds is 1. The second kappa shape index (κ2) is 2.37. The van der Waals surface area contributed by atoms with Gasteiger partial charge >= 0.3 is 0 Å². The number of aromatic nitrogens is 2. The van der Waals surface area contributed by atoms with E-state index in [1.807, 2.05) is 0 Å². The van der Waals surface area contributed by atoms with Crippen LogP contribution in [0.25, 0.3) is 0 Å². The molecule has 0 amide bonds. The Balaban J connectivity index is 2.40. The van der Waals surface area contributed by atoms with Crippen LogP contribution in [0.5, 0.6) is 0 Å². The van der Waals surface area contributed by atoms with Gasteiger partial charge in [0.05, 0.1) is 10.7 Å². The number of halogens is 2. The molecular weight excluding hydrogens is 262 g/mol. The zero-order valence-corrected chi connectivity index (χ0v) is 8.11. The Kier molecular flexibility index (Phi) is 1.64. The molecule has 1 heterocycles. The molecule has 1 aliphatic rings. The van der Waals surface area contributed by atoms with Gasteiger partial charge in [0.2, 0.25) is 0 Å². The summed E-state index contributed by atoms with van der Waals surface area (Å²) in [7, 11) is 0. The summed E-state index contributed by atoms with van der Waals surface area (Å²) in [6, 6.07) is 0. The van der Waals surface area contributed by atoms with E-state index in [-0.39, 0.29) is 0 Å². The summed E-state index contributed by atoms with van der Waals surface area (Å²) in [5, 5.41) is 7.78. The highest BCUT2D eigenvalue weighted by Crippen LogP contribution is 2.42. The van der Waals surface area contributed by atoms with Crippen molar-refractivity contribution in [2.45, 2.75) is 18.8 Å². The highest BCUT2D eigenvalue weighted by Gasteiger charge is 2.28. The maximum atomic E-state index is 5.94. The van der Waals surface area contributed by atoms with Crippen LogP contribution in [0.2, 0.25) is 5.02 Å². The fourth-order valence-electron chi connectivity index (χ4n) is 0.961. The van der Waals surface area contributed by atoms with Crippen LogP contribution in [0.3, 0.4) is 0 Å². The Bertz CT molecular complexity index is 254. The molecule has 54 valence electrons. The van der Waals surface area contributed by atoms with Crippen LogP contribution in [0.15, 0.2) is 0 Å². The topological polar surface area (TPSA) is 28.7 Å². The monoisotopic (exact) mass is 268 g/mol. The van der Waals surface area contributed by atoms with Crippen molar-refractivity contribution in [2.75, 3.05) is 0 Å². The van der Waals surface area contributed by atoms with Crippen LogP contribution in [0, 0.1) is 3.70 Å². The van der Waals surface area contributed by atoms with Crippen molar-refractivity contribution in [3.63, 3.8) is 0 Å². The summed E-state index contributed by atoms with van der Waals surface area (Å²) in [6.45, 7) is 0. The molecule has 0 radical (unpaired) electrons. The van der Waals surface area contributed by atoms with Gasteiger partial charge in [-0.15, -0.1) is 0 Å². The second-order valence-electron chi connectivity index (χ2n) is 2.52. The summed E-state index contributed by atoms with van der Waals surface area (Å²) in [6.07, 6.45) is 2.52. The molecule has 0 aliphatic heterocycles. The molecule has 0 bridgehead atoms. The van der Waals surface area contributed by atoms with E-state index in [4.69, 9.17) is 11.6 Å². The quantitative estimate of drug-likeness (QED) is 0.779. The third-order valence-electron chi connectivity index (χ3n) is 1.68. The lowest BCUT2D eigenvalue weighted by atomic mass is 10.3. The van der Waals surface area contributed by atoms with Crippen LogP contribution in [0.4, 0.5) is 0 Å². The van der Waals surface area contributed by atoms with E-state index in [9.17, 15) is 0 Å². The Morgan fingerprint density at radius 1 is 1.60 bits per heavy atom. The van der Waals surface area contributed by atoms with Crippen molar-refractivity contribution in [3.05, 3.63) is 14.4 Å². The van der Waals surface area contributed by atoms with E-state index in [1.54, 1.807) is 0 Å². The second-order valence-corrected chi connectivity index (χ2v) is 3.92. The lowest BCUT2D eigenvalue weighted by Gasteiger charge is -1.88. The fraction of sp³-hybridized carbons (Fsp3) is 0.500. The number of hydrogen-bond acceptors (Lipinski definition) is 1. The molecule has 0 unspecified atom stereocenters. The van der Waals surface area contributed by atoms with Crippen molar-refractivity contribution in [2.24, 2.45) is 0 Å². The first-order valence-electron chi connectivity index (χ1n) is 3.18. The summed E-state index contributed by atoms with van der Waals surface area (Å²) in [4.78, 5) is 0. The highest BCUT2D eigenvalue weighted by molar-refractivity contribution is 14.1. The van der Waals surface area contributed by atoms with E-state index in [0.29, 0.717) is 5.92 Å². The predicted octanol–water partition coefficient (Wildman–Crippen LogP) is 2.55. The van der Waals surface area contributed by atoms with Gasteiger partial charge in [-0.05, 0) is 35.4 Å². The van der Waals surface area contributed by atoms with Crippen molar-refractivity contribution in [3.8, 4) is 0 Å². The number of H-pyrrole nitrogens is 1. The number of aromatic amines is 1. The maximum Gasteiger partial charge on any atom is 0.141 e. The molecule has 0 aromatic carbocycles. The van der Waals surface area contributed by atoms with Gasteiger partial charge in [-0.1, -0.05) is 11.6 Å². The molecule has 1 fully saturated rings. The zero-order chi connectivity index (χ0) is 7.14. The Hall–Kier alpha value is 0.230. The number of nitrogens with zero attached hydrogens (tertiary/aromatic N) is 1. The molecule has 1 aromatic heterocycles. The van der Waals surface area contributed by atoms with E-state index < -0.39 is 0 Å². The van der Waals surface area contributed by atoms with Crippen molar-refractivity contribution in [1.82, 2.24) is 10.2 Å². The van der Waals surface area contributed by atoms with Crippen LogP contribution in [0.1, 0.15) is 24.5 Å². The summed E-state index contributed by atoms with van der Waals surface area (Å²) in [5.41, 5.74) is 1.13. The molecule has 2 nitrogen and oxygen atoms in total. The molecule has 1 N–H and O–H groups in total. The first kappa shape index (κ1) is 6.91. The van der Waals surface area contributed by atoms with Crippen LogP contribution >= 0.6 is 34.2 Å². The minimum atomic E-state index is 0.670. The van der Waals surface area contributed by atoms with E-state index in [0.717, 1.165) is 14.4 Å². The minimum absolute atomic E-state index is 0.670. The normalized spacial score (nSPS) is 17.8. The maximum absolute atomic E-state index is 5.94. The molecule has 0 atom stereocenters. The summed E-state index contributed by atoms with van der Waals surface area (Å²) < 4.78 is 0.890. The predicted molar refractivity (Wildman–Crippen MR) is 48.3 cm³/mol.